The molecule has 0 atom stereocenters. The van der Waals surface area contributed by atoms with Gasteiger partial charge in [0.1, 0.15) is 29.4 Å². The molecular formula is C17H16N2O4. The van der Waals surface area contributed by atoms with Crippen LogP contribution in [0.25, 0.3) is 5.65 Å². The summed E-state index contributed by atoms with van der Waals surface area (Å²) in [6.45, 7) is 1.95. The number of carboxylic acid groups (broad SMARTS) is 1. The van der Waals surface area contributed by atoms with E-state index in [2.05, 4.69) is 4.98 Å². The lowest BCUT2D eigenvalue weighted by molar-refractivity contribution is 0.0686. The van der Waals surface area contributed by atoms with Crippen molar-refractivity contribution in [2.24, 2.45) is 0 Å². The number of aryl methyl sites for hydroxylation is 1. The van der Waals surface area contributed by atoms with E-state index >= 15 is 0 Å². The van der Waals surface area contributed by atoms with Crippen molar-refractivity contribution in [3.8, 4) is 11.5 Å². The van der Waals surface area contributed by atoms with Crippen LogP contribution in [0.15, 0.2) is 42.6 Å². The summed E-state index contributed by atoms with van der Waals surface area (Å²) in [6, 6.07) is 10.8. The second kappa shape index (κ2) is 6.00. The molecule has 2 aromatic heterocycles. The minimum Gasteiger partial charge on any atom is -0.497 e. The first-order valence-corrected chi connectivity index (χ1v) is 7.07. The Morgan fingerprint density at radius 1 is 1.26 bits per heavy atom. The summed E-state index contributed by atoms with van der Waals surface area (Å²) in [5, 5.41) is 9.49. The molecule has 6 heteroatoms. The molecule has 0 unspecified atom stereocenters. The first-order chi connectivity index (χ1) is 11.1. The summed E-state index contributed by atoms with van der Waals surface area (Å²) in [6.07, 6.45) is 1.69. The maximum atomic E-state index is 11.6. The third-order valence-corrected chi connectivity index (χ3v) is 3.54. The Balaban J connectivity index is 1.94. The maximum Gasteiger partial charge on any atom is 0.354 e. The van der Waals surface area contributed by atoms with Crippen LogP contribution in [-0.2, 0) is 6.61 Å². The summed E-state index contributed by atoms with van der Waals surface area (Å²) in [5.74, 6) is 0.230. The average Bonchev–Trinajstić information content (AvgIpc) is 2.93. The van der Waals surface area contributed by atoms with E-state index in [0.29, 0.717) is 22.8 Å². The summed E-state index contributed by atoms with van der Waals surface area (Å²) >= 11 is 0. The van der Waals surface area contributed by atoms with Gasteiger partial charge < -0.3 is 14.6 Å². The van der Waals surface area contributed by atoms with Gasteiger partial charge in [0.05, 0.1) is 7.11 Å². The monoisotopic (exact) mass is 312 g/mol. The van der Waals surface area contributed by atoms with Gasteiger partial charge in [-0.2, -0.15) is 0 Å². The molecule has 0 aliphatic carbocycles. The maximum absolute atomic E-state index is 11.6. The van der Waals surface area contributed by atoms with Crippen molar-refractivity contribution in [2.45, 2.75) is 13.5 Å². The van der Waals surface area contributed by atoms with Crippen LogP contribution in [-0.4, -0.2) is 27.6 Å². The van der Waals surface area contributed by atoms with E-state index in [-0.39, 0.29) is 12.3 Å². The molecule has 0 saturated heterocycles. The number of carbonyl (C=O) groups is 1. The lowest BCUT2D eigenvalue weighted by Crippen LogP contribution is -2.07. The molecule has 2 heterocycles. The van der Waals surface area contributed by atoms with Gasteiger partial charge >= 0.3 is 5.97 Å². The van der Waals surface area contributed by atoms with Crippen molar-refractivity contribution in [1.29, 1.82) is 0 Å². The fourth-order valence-electron chi connectivity index (χ4n) is 2.42. The molecule has 3 aromatic rings. The molecule has 0 aliphatic heterocycles. The van der Waals surface area contributed by atoms with Gasteiger partial charge in [0.15, 0.2) is 5.69 Å². The third kappa shape index (κ3) is 2.83. The molecule has 23 heavy (non-hydrogen) atoms. The number of hydrogen-bond donors (Lipinski definition) is 1. The molecule has 0 saturated carbocycles. The van der Waals surface area contributed by atoms with E-state index in [9.17, 15) is 9.90 Å². The number of carboxylic acids is 1. The second-order valence-electron chi connectivity index (χ2n) is 5.06. The Kier molecular flexibility index (Phi) is 3.89. The number of rotatable bonds is 5. The number of hydrogen-bond acceptors (Lipinski definition) is 4. The first-order valence-electron chi connectivity index (χ1n) is 7.07. The largest absolute Gasteiger partial charge is 0.497 e. The minimum absolute atomic E-state index is 0.0654. The number of methoxy groups -OCH3 is 1. The van der Waals surface area contributed by atoms with Gasteiger partial charge in [-0.25, -0.2) is 9.78 Å². The van der Waals surface area contributed by atoms with Gasteiger partial charge in [-0.1, -0.05) is 12.1 Å². The van der Waals surface area contributed by atoms with Crippen molar-refractivity contribution >= 4 is 11.6 Å². The van der Waals surface area contributed by atoms with Crippen LogP contribution in [0, 0.1) is 6.92 Å². The SMILES string of the molecule is COc1cccc(OCc2nc3c(C)cccn3c2C(=O)O)c1. The van der Waals surface area contributed by atoms with Crippen LogP contribution in [0.2, 0.25) is 0 Å². The highest BCUT2D eigenvalue weighted by Crippen LogP contribution is 2.22. The van der Waals surface area contributed by atoms with E-state index in [0.717, 1.165) is 5.56 Å². The van der Waals surface area contributed by atoms with Crippen LogP contribution >= 0.6 is 0 Å². The number of pyridine rings is 1. The summed E-state index contributed by atoms with van der Waals surface area (Å²) in [4.78, 5) is 16.0. The van der Waals surface area contributed by atoms with Crippen LogP contribution in [0.5, 0.6) is 11.5 Å². The minimum atomic E-state index is -1.03. The van der Waals surface area contributed by atoms with E-state index in [1.807, 2.05) is 19.1 Å². The van der Waals surface area contributed by atoms with Crippen molar-refractivity contribution in [3.05, 3.63) is 59.5 Å². The number of fused-ring (bicyclic) bond motifs is 1. The number of aromatic nitrogens is 2. The van der Waals surface area contributed by atoms with E-state index in [1.165, 1.54) is 0 Å². The second-order valence-corrected chi connectivity index (χ2v) is 5.06. The standard InChI is InChI=1S/C17H16N2O4/c1-11-5-4-8-19-15(17(20)21)14(18-16(11)19)10-23-13-7-3-6-12(9-13)22-2/h3-9H,10H2,1-2H3,(H,20,21). The lowest BCUT2D eigenvalue weighted by atomic mass is 10.3. The number of imidazole rings is 1. The molecule has 6 nitrogen and oxygen atoms in total. The zero-order valence-corrected chi connectivity index (χ0v) is 12.8. The molecular weight excluding hydrogens is 296 g/mol. The van der Waals surface area contributed by atoms with E-state index in [4.69, 9.17) is 9.47 Å². The van der Waals surface area contributed by atoms with Crippen LogP contribution < -0.4 is 9.47 Å². The Morgan fingerprint density at radius 3 is 2.78 bits per heavy atom. The first kappa shape index (κ1) is 14.9. The zero-order valence-electron chi connectivity index (χ0n) is 12.8. The van der Waals surface area contributed by atoms with Crippen LogP contribution in [0.1, 0.15) is 21.7 Å². The Morgan fingerprint density at radius 2 is 2.04 bits per heavy atom. The number of aromatic carboxylic acids is 1. The van der Waals surface area contributed by atoms with Gasteiger partial charge in [0.2, 0.25) is 0 Å². The molecule has 0 radical (unpaired) electrons. The zero-order chi connectivity index (χ0) is 16.4. The Bertz CT molecular complexity index is 870. The van der Waals surface area contributed by atoms with Crippen molar-refractivity contribution < 1.29 is 19.4 Å². The van der Waals surface area contributed by atoms with Crippen molar-refractivity contribution in [1.82, 2.24) is 9.38 Å². The Labute approximate surface area is 132 Å². The number of benzene rings is 1. The third-order valence-electron chi connectivity index (χ3n) is 3.54. The van der Waals surface area contributed by atoms with Crippen LogP contribution in [0.4, 0.5) is 0 Å². The molecule has 3 rings (SSSR count). The normalized spacial score (nSPS) is 10.7. The van der Waals surface area contributed by atoms with E-state index < -0.39 is 5.97 Å². The lowest BCUT2D eigenvalue weighted by Gasteiger charge is -2.06. The molecule has 1 aromatic carbocycles. The fourth-order valence-corrected chi connectivity index (χ4v) is 2.42. The number of nitrogens with zero attached hydrogens (tertiary/aromatic N) is 2. The quantitative estimate of drug-likeness (QED) is 0.784. The summed E-state index contributed by atoms with van der Waals surface area (Å²) < 4.78 is 12.4. The predicted molar refractivity (Wildman–Crippen MR) is 84.2 cm³/mol. The number of ether oxygens (including phenoxy) is 2. The van der Waals surface area contributed by atoms with Gasteiger partial charge in [-0.05, 0) is 30.7 Å². The Hall–Kier alpha value is -3.02. The molecule has 0 aliphatic rings. The smallest absolute Gasteiger partial charge is 0.354 e. The molecule has 0 amide bonds. The molecule has 1 N–H and O–H groups in total. The van der Waals surface area contributed by atoms with Crippen molar-refractivity contribution in [2.75, 3.05) is 7.11 Å². The summed E-state index contributed by atoms with van der Waals surface area (Å²) in [7, 11) is 1.58. The molecule has 118 valence electrons. The van der Waals surface area contributed by atoms with Gasteiger partial charge in [0.25, 0.3) is 0 Å². The topological polar surface area (TPSA) is 73.1 Å². The highest BCUT2D eigenvalue weighted by Gasteiger charge is 2.19. The highest BCUT2D eigenvalue weighted by atomic mass is 16.5. The summed E-state index contributed by atoms with van der Waals surface area (Å²) in [5.41, 5.74) is 2.03. The van der Waals surface area contributed by atoms with E-state index in [1.54, 1.807) is 42.0 Å². The average molecular weight is 312 g/mol. The molecule has 0 fully saturated rings. The molecule has 0 spiro atoms. The van der Waals surface area contributed by atoms with Gasteiger partial charge in [0, 0.05) is 12.3 Å². The molecule has 0 bridgehead atoms. The van der Waals surface area contributed by atoms with Gasteiger partial charge in [-0.15, -0.1) is 0 Å². The fraction of sp³-hybridized carbons (Fsp3) is 0.176. The van der Waals surface area contributed by atoms with Crippen molar-refractivity contribution in [3.63, 3.8) is 0 Å². The van der Waals surface area contributed by atoms with Crippen LogP contribution in [0.3, 0.4) is 0 Å². The highest BCUT2D eigenvalue weighted by molar-refractivity contribution is 5.88. The van der Waals surface area contributed by atoms with Gasteiger partial charge in [-0.3, -0.25) is 4.40 Å². The predicted octanol–water partition coefficient (Wildman–Crippen LogP) is 2.93.